The van der Waals surface area contributed by atoms with Crippen LogP contribution in [0.3, 0.4) is 0 Å². The Kier molecular flexibility index (Phi) is 3.58. The summed E-state index contributed by atoms with van der Waals surface area (Å²) < 4.78 is 12.4. The molecular formula is C16H16N2O4. The van der Waals surface area contributed by atoms with Crippen molar-refractivity contribution in [2.75, 3.05) is 13.2 Å². The molecule has 6 nitrogen and oxygen atoms in total. The second kappa shape index (κ2) is 5.55. The van der Waals surface area contributed by atoms with Gasteiger partial charge in [0.15, 0.2) is 11.5 Å². The highest BCUT2D eigenvalue weighted by molar-refractivity contribution is 5.83. The fourth-order valence-corrected chi connectivity index (χ4v) is 2.54. The van der Waals surface area contributed by atoms with Crippen LogP contribution in [0.2, 0.25) is 0 Å². The van der Waals surface area contributed by atoms with E-state index >= 15 is 0 Å². The third-order valence-electron chi connectivity index (χ3n) is 3.40. The normalized spacial score (nSPS) is 11.0. The Labute approximate surface area is 127 Å². The molecule has 0 aliphatic carbocycles. The number of hydrogen-bond acceptors (Lipinski definition) is 4. The van der Waals surface area contributed by atoms with Gasteiger partial charge in [0.05, 0.1) is 13.2 Å². The van der Waals surface area contributed by atoms with Gasteiger partial charge in [-0.15, -0.1) is 0 Å². The zero-order valence-corrected chi connectivity index (χ0v) is 12.4. The first-order valence-corrected chi connectivity index (χ1v) is 7.15. The first-order chi connectivity index (χ1) is 10.7. The molecule has 0 unspecified atom stereocenters. The fraction of sp³-hybridized carbons (Fsp3) is 0.250. The van der Waals surface area contributed by atoms with Crippen LogP contribution in [0.25, 0.3) is 22.1 Å². The molecule has 0 N–H and O–H groups in total. The van der Waals surface area contributed by atoms with Crippen molar-refractivity contribution in [3.63, 3.8) is 0 Å². The van der Waals surface area contributed by atoms with Crippen LogP contribution in [-0.2, 0) is 0 Å². The third kappa shape index (κ3) is 2.04. The molecule has 0 saturated heterocycles. The molecule has 6 heteroatoms. The summed E-state index contributed by atoms with van der Waals surface area (Å²) in [6.07, 6.45) is 0. The summed E-state index contributed by atoms with van der Waals surface area (Å²) in [5.41, 5.74) is 0.946. The average Bonchev–Trinajstić information content (AvgIpc) is 2.53. The molecular weight excluding hydrogens is 284 g/mol. The van der Waals surface area contributed by atoms with Gasteiger partial charge in [-0.25, -0.2) is 0 Å². The monoisotopic (exact) mass is 300 g/mol. The summed E-state index contributed by atoms with van der Waals surface area (Å²) in [6.45, 7) is 4.48. The summed E-state index contributed by atoms with van der Waals surface area (Å²) >= 11 is 0. The summed E-state index contributed by atoms with van der Waals surface area (Å²) in [5.74, 6) is 0.784. The number of para-hydroxylation sites is 2. The van der Waals surface area contributed by atoms with E-state index in [1.54, 1.807) is 36.4 Å². The predicted octanol–water partition coefficient (Wildman–Crippen LogP) is 2.06. The van der Waals surface area contributed by atoms with E-state index in [2.05, 4.69) is 0 Å². The van der Waals surface area contributed by atoms with E-state index < -0.39 is 0 Å². The zero-order valence-electron chi connectivity index (χ0n) is 12.4. The minimum absolute atomic E-state index is 0.223. The van der Waals surface area contributed by atoms with E-state index in [1.165, 1.54) is 0 Å². The molecule has 0 saturated carbocycles. The fourth-order valence-electron chi connectivity index (χ4n) is 2.54. The van der Waals surface area contributed by atoms with Crippen molar-refractivity contribution in [1.82, 2.24) is 0 Å². The Morgan fingerprint density at radius 2 is 1.18 bits per heavy atom. The average molecular weight is 300 g/mol. The number of ether oxygens (including phenoxy) is 2. The van der Waals surface area contributed by atoms with Gasteiger partial charge in [0, 0.05) is 12.1 Å². The van der Waals surface area contributed by atoms with Crippen molar-refractivity contribution in [2.24, 2.45) is 0 Å². The van der Waals surface area contributed by atoms with E-state index in [-0.39, 0.29) is 22.1 Å². The zero-order chi connectivity index (χ0) is 15.7. The molecule has 3 aromatic rings. The summed E-state index contributed by atoms with van der Waals surface area (Å²) in [4.78, 5) is 0. The van der Waals surface area contributed by atoms with Gasteiger partial charge in [0.2, 0.25) is 0 Å². The molecule has 2 aromatic carbocycles. The first kappa shape index (κ1) is 14.2. The van der Waals surface area contributed by atoms with E-state index in [4.69, 9.17) is 9.47 Å². The van der Waals surface area contributed by atoms with Gasteiger partial charge in [0.25, 0.3) is 11.0 Å². The van der Waals surface area contributed by atoms with Crippen LogP contribution in [0, 0.1) is 10.4 Å². The maximum Gasteiger partial charge on any atom is 0.332 e. The SMILES string of the molecule is CCOc1cccc2c1[n+]([O-])c1cccc(OCC)c1[n+]2[O-]. The van der Waals surface area contributed by atoms with Crippen molar-refractivity contribution in [3.05, 3.63) is 46.8 Å². The Balaban J connectivity index is 2.47. The molecule has 0 fully saturated rings. The van der Waals surface area contributed by atoms with Crippen molar-refractivity contribution < 1.29 is 18.9 Å². The standard InChI is InChI=1S/C16H16N2O4/c1-3-21-13-9-5-7-11-15(13)17(19)12-8-6-10-14(22-4-2)16(12)18(11)20/h5-10H,3-4H2,1-2H3. The molecule has 0 radical (unpaired) electrons. The lowest BCUT2D eigenvalue weighted by molar-refractivity contribution is -0.591. The van der Waals surface area contributed by atoms with Gasteiger partial charge in [-0.05, 0) is 26.0 Å². The quantitative estimate of drug-likeness (QED) is 0.420. The second-order valence-electron chi connectivity index (χ2n) is 4.70. The van der Waals surface area contributed by atoms with Gasteiger partial charge in [-0.3, -0.25) is 0 Å². The largest absolute Gasteiger partial charge is 0.617 e. The van der Waals surface area contributed by atoms with Crippen LogP contribution >= 0.6 is 0 Å². The number of benzene rings is 2. The number of rotatable bonds is 4. The van der Waals surface area contributed by atoms with Crippen LogP contribution in [0.4, 0.5) is 0 Å². The molecule has 114 valence electrons. The molecule has 0 spiro atoms. The second-order valence-corrected chi connectivity index (χ2v) is 4.70. The van der Waals surface area contributed by atoms with E-state index in [0.717, 1.165) is 9.46 Å². The molecule has 0 atom stereocenters. The predicted molar refractivity (Wildman–Crippen MR) is 81.7 cm³/mol. The van der Waals surface area contributed by atoms with Crippen molar-refractivity contribution in [3.8, 4) is 11.5 Å². The Morgan fingerprint density at radius 3 is 1.55 bits per heavy atom. The Hall–Kier alpha value is -2.76. The van der Waals surface area contributed by atoms with Gasteiger partial charge >= 0.3 is 11.0 Å². The highest BCUT2D eigenvalue weighted by Crippen LogP contribution is 2.26. The van der Waals surface area contributed by atoms with Gasteiger partial charge < -0.3 is 19.9 Å². The van der Waals surface area contributed by atoms with Gasteiger partial charge in [-0.2, -0.15) is 9.46 Å². The molecule has 22 heavy (non-hydrogen) atoms. The molecule has 0 bridgehead atoms. The Bertz CT molecular complexity index is 777. The van der Waals surface area contributed by atoms with Crippen molar-refractivity contribution in [1.29, 1.82) is 0 Å². The Morgan fingerprint density at radius 1 is 0.773 bits per heavy atom. The summed E-state index contributed by atoms with van der Waals surface area (Å²) in [5, 5.41) is 25.4. The number of fused-ring (bicyclic) bond motifs is 2. The minimum atomic E-state index is 0.223. The molecule has 0 aliphatic heterocycles. The molecule has 3 rings (SSSR count). The minimum Gasteiger partial charge on any atom is -0.617 e. The van der Waals surface area contributed by atoms with E-state index in [9.17, 15) is 10.4 Å². The molecule has 0 amide bonds. The van der Waals surface area contributed by atoms with Crippen molar-refractivity contribution >= 4 is 22.1 Å². The number of hydrogen-bond donors (Lipinski definition) is 0. The smallest absolute Gasteiger partial charge is 0.332 e. The van der Waals surface area contributed by atoms with Crippen LogP contribution < -0.4 is 18.9 Å². The van der Waals surface area contributed by atoms with E-state index in [0.29, 0.717) is 24.7 Å². The summed E-state index contributed by atoms with van der Waals surface area (Å²) in [7, 11) is 0. The van der Waals surface area contributed by atoms with E-state index in [1.807, 2.05) is 13.8 Å². The first-order valence-electron chi connectivity index (χ1n) is 7.15. The topological polar surface area (TPSA) is 72.3 Å². The highest BCUT2D eigenvalue weighted by Gasteiger charge is 2.27. The lowest BCUT2D eigenvalue weighted by Gasteiger charge is -2.12. The van der Waals surface area contributed by atoms with Crippen LogP contribution in [0.15, 0.2) is 36.4 Å². The lowest BCUT2D eigenvalue weighted by atomic mass is 10.2. The van der Waals surface area contributed by atoms with Gasteiger partial charge in [-0.1, -0.05) is 12.1 Å². The number of nitrogens with zero attached hydrogens (tertiary/aromatic N) is 2. The maximum absolute atomic E-state index is 12.7. The molecule has 1 aromatic heterocycles. The van der Waals surface area contributed by atoms with Crippen LogP contribution in [0.5, 0.6) is 11.5 Å². The highest BCUT2D eigenvalue weighted by atomic mass is 16.5. The van der Waals surface area contributed by atoms with Gasteiger partial charge in [0.1, 0.15) is 0 Å². The third-order valence-corrected chi connectivity index (χ3v) is 3.40. The molecule has 0 aliphatic rings. The number of aromatic nitrogens is 2. The maximum atomic E-state index is 12.7. The van der Waals surface area contributed by atoms with Crippen LogP contribution in [0.1, 0.15) is 13.8 Å². The van der Waals surface area contributed by atoms with Crippen LogP contribution in [-0.4, -0.2) is 13.2 Å². The summed E-state index contributed by atoms with van der Waals surface area (Å²) in [6, 6.07) is 9.94. The van der Waals surface area contributed by atoms with Crippen molar-refractivity contribution in [2.45, 2.75) is 13.8 Å². The lowest BCUT2D eigenvalue weighted by Crippen LogP contribution is -2.39. The molecule has 1 heterocycles.